The molecule has 10 heteroatoms. The Morgan fingerprint density at radius 1 is 1.00 bits per heavy atom. The summed E-state index contributed by atoms with van der Waals surface area (Å²) in [5, 5.41) is 9.19. The third kappa shape index (κ3) is 6.63. The first-order chi connectivity index (χ1) is 18.1. The van der Waals surface area contributed by atoms with Crippen LogP contribution in [-0.2, 0) is 26.1 Å². The summed E-state index contributed by atoms with van der Waals surface area (Å²) in [5.41, 5.74) is 1.23. The van der Waals surface area contributed by atoms with E-state index in [1.54, 1.807) is 31.2 Å². The molecule has 1 heterocycles. The van der Waals surface area contributed by atoms with Gasteiger partial charge in [-0.1, -0.05) is 60.7 Å². The van der Waals surface area contributed by atoms with Crippen LogP contribution in [-0.4, -0.2) is 56.2 Å². The standard InChI is InChI=1S/C28H30N2O7S/c1-18(26(22-13-9-6-10-14-22)38(35)17-21-11-7-5-8-12-21)30(19(2)28(33)34)27(32)24-25(37-20(3)31)23(36-4)15-16-29-24/h5-16,18-19,26H,17H2,1-4H3,(H,33,34)/t18?,19-,26?,38?/m0/s1. The lowest BCUT2D eigenvalue weighted by molar-refractivity contribution is -0.142. The Morgan fingerprint density at radius 3 is 2.16 bits per heavy atom. The number of aromatic nitrogens is 1. The molecule has 0 saturated carbocycles. The number of hydrogen-bond acceptors (Lipinski definition) is 7. The molecule has 200 valence electrons. The summed E-state index contributed by atoms with van der Waals surface area (Å²) >= 11 is 0. The van der Waals surface area contributed by atoms with E-state index in [1.165, 1.54) is 33.2 Å². The van der Waals surface area contributed by atoms with Crippen LogP contribution in [0.2, 0.25) is 0 Å². The third-order valence-corrected chi connectivity index (χ3v) is 7.84. The minimum absolute atomic E-state index is 0.0846. The molecule has 3 rings (SSSR count). The van der Waals surface area contributed by atoms with E-state index in [0.29, 0.717) is 5.56 Å². The van der Waals surface area contributed by atoms with Crippen molar-refractivity contribution >= 4 is 28.6 Å². The van der Waals surface area contributed by atoms with Crippen molar-refractivity contribution in [1.29, 1.82) is 0 Å². The Morgan fingerprint density at radius 2 is 1.61 bits per heavy atom. The molecule has 3 aromatic rings. The van der Waals surface area contributed by atoms with Gasteiger partial charge in [0.2, 0.25) is 5.75 Å². The lowest BCUT2D eigenvalue weighted by Gasteiger charge is -2.37. The molecule has 38 heavy (non-hydrogen) atoms. The number of carbonyl (C=O) groups excluding carboxylic acids is 2. The monoisotopic (exact) mass is 538 g/mol. The maximum Gasteiger partial charge on any atom is 0.326 e. The summed E-state index contributed by atoms with van der Waals surface area (Å²) in [7, 11) is -0.209. The van der Waals surface area contributed by atoms with Crippen molar-refractivity contribution in [2.75, 3.05) is 7.11 Å². The lowest BCUT2D eigenvalue weighted by Crippen LogP contribution is -2.51. The number of hydrogen-bond donors (Lipinski definition) is 1. The molecule has 1 amide bonds. The van der Waals surface area contributed by atoms with Crippen LogP contribution in [0.5, 0.6) is 11.5 Å². The molecule has 3 unspecified atom stereocenters. The fourth-order valence-electron chi connectivity index (χ4n) is 4.21. The Balaban J connectivity index is 2.12. The highest BCUT2D eigenvalue weighted by Gasteiger charge is 2.39. The highest BCUT2D eigenvalue weighted by Crippen LogP contribution is 2.35. The fourth-order valence-corrected chi connectivity index (χ4v) is 5.94. The lowest BCUT2D eigenvalue weighted by atomic mass is 10.0. The second-order valence-electron chi connectivity index (χ2n) is 8.59. The van der Waals surface area contributed by atoms with Crippen LogP contribution in [0.1, 0.15) is 47.6 Å². The Bertz CT molecular complexity index is 1300. The molecule has 0 spiro atoms. The second-order valence-corrected chi connectivity index (χ2v) is 10.2. The summed E-state index contributed by atoms with van der Waals surface area (Å²) in [6.45, 7) is 4.19. The maximum atomic E-state index is 14.0. The van der Waals surface area contributed by atoms with Gasteiger partial charge in [0.15, 0.2) is 11.4 Å². The highest BCUT2D eigenvalue weighted by atomic mass is 32.2. The summed E-state index contributed by atoms with van der Waals surface area (Å²) < 4.78 is 24.3. The summed E-state index contributed by atoms with van der Waals surface area (Å²) in [4.78, 5) is 43.2. The topological polar surface area (TPSA) is 123 Å². The Labute approximate surface area is 223 Å². The molecule has 0 fully saturated rings. The number of benzene rings is 2. The van der Waals surface area contributed by atoms with Gasteiger partial charge in [-0.05, 0) is 25.0 Å². The molecular weight excluding hydrogens is 508 g/mol. The first-order valence-electron chi connectivity index (χ1n) is 11.9. The predicted octanol–water partition coefficient (Wildman–Crippen LogP) is 4.01. The zero-order valence-corrected chi connectivity index (χ0v) is 22.4. The van der Waals surface area contributed by atoms with Crippen molar-refractivity contribution in [3.8, 4) is 11.5 Å². The molecule has 1 aromatic heterocycles. The molecule has 0 saturated heterocycles. The number of ether oxygens (including phenoxy) is 2. The van der Waals surface area contributed by atoms with Gasteiger partial charge in [-0.2, -0.15) is 0 Å². The van der Waals surface area contributed by atoms with Gasteiger partial charge in [-0.3, -0.25) is 13.8 Å². The van der Waals surface area contributed by atoms with E-state index in [9.17, 15) is 23.7 Å². The molecular formula is C28H30N2O7S. The number of esters is 1. The van der Waals surface area contributed by atoms with E-state index in [1.807, 2.05) is 36.4 Å². The molecule has 9 nitrogen and oxygen atoms in total. The molecule has 0 aliphatic heterocycles. The summed E-state index contributed by atoms with van der Waals surface area (Å²) in [6, 6.07) is 17.5. The van der Waals surface area contributed by atoms with Crippen LogP contribution in [0.25, 0.3) is 0 Å². The number of amides is 1. The number of rotatable bonds is 11. The van der Waals surface area contributed by atoms with Gasteiger partial charge >= 0.3 is 11.9 Å². The fraction of sp³-hybridized carbons (Fsp3) is 0.286. The molecule has 0 aliphatic carbocycles. The molecule has 4 atom stereocenters. The van der Waals surface area contributed by atoms with E-state index < -0.39 is 46.0 Å². The molecule has 0 bridgehead atoms. The van der Waals surface area contributed by atoms with Crippen molar-refractivity contribution in [3.05, 3.63) is 89.7 Å². The van der Waals surface area contributed by atoms with E-state index in [0.717, 1.165) is 10.5 Å². The van der Waals surface area contributed by atoms with Gasteiger partial charge in [0.25, 0.3) is 5.91 Å². The number of carboxylic acid groups (broad SMARTS) is 1. The van der Waals surface area contributed by atoms with E-state index >= 15 is 0 Å². The van der Waals surface area contributed by atoms with Gasteiger partial charge < -0.3 is 19.5 Å². The molecule has 0 radical (unpaired) electrons. The van der Waals surface area contributed by atoms with Crippen LogP contribution in [0.3, 0.4) is 0 Å². The molecule has 0 aliphatic rings. The number of carboxylic acids is 1. The second kappa shape index (κ2) is 13.0. The van der Waals surface area contributed by atoms with Gasteiger partial charge in [-0.25, -0.2) is 9.78 Å². The molecule has 2 aromatic carbocycles. The summed E-state index contributed by atoms with van der Waals surface area (Å²) in [5.74, 6) is -2.71. The minimum Gasteiger partial charge on any atom is -0.493 e. The van der Waals surface area contributed by atoms with Crippen LogP contribution in [0.15, 0.2) is 72.9 Å². The number of methoxy groups -OCH3 is 1. The Hall–Kier alpha value is -4.05. The first kappa shape index (κ1) is 28.5. The van der Waals surface area contributed by atoms with Crippen LogP contribution in [0.4, 0.5) is 0 Å². The number of carbonyl (C=O) groups is 3. The van der Waals surface area contributed by atoms with Gasteiger partial charge in [0.1, 0.15) is 6.04 Å². The van der Waals surface area contributed by atoms with E-state index in [2.05, 4.69) is 4.98 Å². The average molecular weight is 539 g/mol. The smallest absolute Gasteiger partial charge is 0.326 e. The van der Waals surface area contributed by atoms with Crippen molar-refractivity contribution < 1.29 is 33.2 Å². The average Bonchev–Trinajstić information content (AvgIpc) is 2.89. The normalized spacial score (nSPS) is 14.0. The number of pyridine rings is 1. The first-order valence-corrected chi connectivity index (χ1v) is 13.3. The largest absolute Gasteiger partial charge is 0.493 e. The summed E-state index contributed by atoms with van der Waals surface area (Å²) in [6.07, 6.45) is 1.30. The zero-order chi connectivity index (χ0) is 27.8. The van der Waals surface area contributed by atoms with Crippen molar-refractivity contribution in [1.82, 2.24) is 9.88 Å². The van der Waals surface area contributed by atoms with E-state index in [4.69, 9.17) is 9.47 Å². The van der Waals surface area contributed by atoms with Crippen LogP contribution >= 0.6 is 0 Å². The SMILES string of the molecule is COc1ccnc(C(=O)N(C(C)C(c2ccccc2)S(=O)Cc2ccccc2)[C@@H](C)C(=O)O)c1OC(C)=O. The van der Waals surface area contributed by atoms with Gasteiger partial charge in [0, 0.05) is 41.8 Å². The van der Waals surface area contributed by atoms with Gasteiger partial charge in [-0.15, -0.1) is 0 Å². The number of aliphatic carboxylic acids is 1. The highest BCUT2D eigenvalue weighted by molar-refractivity contribution is 7.84. The molecule has 1 N–H and O–H groups in total. The predicted molar refractivity (Wildman–Crippen MR) is 142 cm³/mol. The maximum absolute atomic E-state index is 14.0. The van der Waals surface area contributed by atoms with Crippen molar-refractivity contribution in [2.45, 2.75) is 43.9 Å². The van der Waals surface area contributed by atoms with Crippen LogP contribution < -0.4 is 9.47 Å². The third-order valence-electron chi connectivity index (χ3n) is 5.99. The number of nitrogens with zero attached hydrogens (tertiary/aromatic N) is 2. The van der Waals surface area contributed by atoms with Crippen molar-refractivity contribution in [2.24, 2.45) is 0 Å². The zero-order valence-electron chi connectivity index (χ0n) is 21.6. The Kier molecular flexibility index (Phi) is 9.72. The quantitative estimate of drug-likeness (QED) is 0.363. The van der Waals surface area contributed by atoms with Crippen LogP contribution in [0, 0.1) is 0 Å². The van der Waals surface area contributed by atoms with Gasteiger partial charge in [0.05, 0.1) is 12.4 Å². The van der Waals surface area contributed by atoms with E-state index in [-0.39, 0.29) is 22.9 Å². The van der Waals surface area contributed by atoms with Crippen molar-refractivity contribution in [3.63, 3.8) is 0 Å². The minimum atomic E-state index is -1.55.